The van der Waals surface area contributed by atoms with Crippen LogP contribution in [0.2, 0.25) is 0 Å². The van der Waals surface area contributed by atoms with Crippen LogP contribution in [0.3, 0.4) is 0 Å². The summed E-state index contributed by atoms with van der Waals surface area (Å²) in [5.74, 6) is -0.556. The van der Waals surface area contributed by atoms with E-state index in [-0.39, 0.29) is 29.4 Å². The minimum absolute atomic E-state index is 0.111. The van der Waals surface area contributed by atoms with Crippen LogP contribution in [0.1, 0.15) is 55.3 Å². The molecular weight excluding hydrogens is 533 g/mol. The van der Waals surface area contributed by atoms with E-state index >= 15 is 0 Å². The summed E-state index contributed by atoms with van der Waals surface area (Å²) in [4.78, 5) is 10.2. The Bertz CT molecular complexity index is 1170. The van der Waals surface area contributed by atoms with Crippen LogP contribution in [0.5, 0.6) is 0 Å². The third-order valence-corrected chi connectivity index (χ3v) is 9.18. The zero-order valence-corrected chi connectivity index (χ0v) is 25.1. The van der Waals surface area contributed by atoms with Crippen molar-refractivity contribution in [2.75, 3.05) is 65.4 Å². The summed E-state index contributed by atoms with van der Waals surface area (Å²) in [5.41, 5.74) is 3.33. The van der Waals surface area contributed by atoms with Gasteiger partial charge in [-0.1, -0.05) is 36.4 Å². The summed E-state index contributed by atoms with van der Waals surface area (Å²) in [6.07, 6.45) is 1.93. The monoisotopic (exact) mass is 578 g/mol. The summed E-state index contributed by atoms with van der Waals surface area (Å²) >= 11 is 0. The molecule has 1 unspecified atom stereocenters. The molecule has 2 aliphatic rings. The first-order valence-corrected chi connectivity index (χ1v) is 15.5. The molecule has 4 nitrogen and oxygen atoms in total. The lowest BCUT2D eigenvalue weighted by Crippen LogP contribution is -2.53. The molecule has 0 saturated carbocycles. The number of piperazine rings is 2. The molecule has 3 aromatic carbocycles. The van der Waals surface area contributed by atoms with Crippen molar-refractivity contribution in [3.8, 4) is 0 Å². The van der Waals surface area contributed by atoms with Crippen molar-refractivity contribution in [3.05, 3.63) is 107 Å². The summed E-state index contributed by atoms with van der Waals surface area (Å²) in [6, 6.07) is 21.4. The molecule has 42 heavy (non-hydrogen) atoms. The molecule has 0 bridgehead atoms. The second-order valence-corrected chi connectivity index (χ2v) is 12.2. The van der Waals surface area contributed by atoms with E-state index in [9.17, 15) is 13.2 Å². The number of benzene rings is 3. The molecule has 2 aliphatic heterocycles. The van der Waals surface area contributed by atoms with Crippen LogP contribution in [-0.2, 0) is 0 Å². The van der Waals surface area contributed by atoms with Gasteiger partial charge in [0, 0.05) is 76.9 Å². The molecule has 226 valence electrons. The average molecular weight is 579 g/mol. The largest absolute Gasteiger partial charge is 0.301 e. The van der Waals surface area contributed by atoms with Gasteiger partial charge in [-0.05, 0) is 86.3 Å². The first-order valence-electron chi connectivity index (χ1n) is 15.5. The molecule has 5 rings (SSSR count). The number of nitrogens with zero attached hydrogens (tertiary/aromatic N) is 4. The van der Waals surface area contributed by atoms with Crippen molar-refractivity contribution >= 4 is 0 Å². The average Bonchev–Trinajstić information content (AvgIpc) is 3.01. The van der Waals surface area contributed by atoms with E-state index < -0.39 is 0 Å². The quantitative estimate of drug-likeness (QED) is 0.261. The molecule has 0 aromatic heterocycles. The molecule has 2 fully saturated rings. The van der Waals surface area contributed by atoms with E-state index in [2.05, 4.69) is 33.4 Å². The Morgan fingerprint density at radius 3 is 1.45 bits per heavy atom. The maximum Gasteiger partial charge on any atom is 0.123 e. The standard InChI is InChI=1S/C35H45F3N4/c1-27(2)41-22-24-42(25-23-41)35(30-9-15-33(38)16-10-30)26-40-20-18-39(19-21-40)17-3-4-34(28-5-11-31(36)12-6-28)29-7-13-32(37)14-8-29/h5-16,27,34-35H,3-4,17-26H2,1-2H3. The van der Waals surface area contributed by atoms with Crippen molar-refractivity contribution < 1.29 is 13.2 Å². The highest BCUT2D eigenvalue weighted by Gasteiger charge is 2.29. The number of rotatable bonds is 11. The van der Waals surface area contributed by atoms with E-state index in [1.165, 1.54) is 29.8 Å². The fourth-order valence-corrected chi connectivity index (χ4v) is 6.56. The number of halogens is 3. The van der Waals surface area contributed by atoms with Gasteiger partial charge in [0.05, 0.1) is 0 Å². The van der Waals surface area contributed by atoms with Crippen molar-refractivity contribution in [1.82, 2.24) is 19.6 Å². The van der Waals surface area contributed by atoms with Gasteiger partial charge in [-0.15, -0.1) is 0 Å². The zero-order chi connectivity index (χ0) is 29.5. The Morgan fingerprint density at radius 1 is 0.548 bits per heavy atom. The van der Waals surface area contributed by atoms with Gasteiger partial charge in [-0.3, -0.25) is 14.7 Å². The highest BCUT2D eigenvalue weighted by atomic mass is 19.1. The van der Waals surface area contributed by atoms with Crippen LogP contribution >= 0.6 is 0 Å². The number of hydrogen-bond acceptors (Lipinski definition) is 4. The Balaban J connectivity index is 1.15. The third-order valence-electron chi connectivity index (χ3n) is 9.18. The first kappa shape index (κ1) is 30.7. The van der Waals surface area contributed by atoms with Gasteiger partial charge in [0.2, 0.25) is 0 Å². The molecule has 2 heterocycles. The molecule has 1 atom stereocenters. The molecular formula is C35H45F3N4. The molecule has 0 amide bonds. The topological polar surface area (TPSA) is 13.0 Å². The second kappa shape index (κ2) is 14.6. The van der Waals surface area contributed by atoms with E-state index in [0.29, 0.717) is 6.04 Å². The normalized spacial score (nSPS) is 18.6. The van der Waals surface area contributed by atoms with E-state index in [0.717, 1.165) is 89.4 Å². The van der Waals surface area contributed by atoms with Crippen molar-refractivity contribution in [2.45, 2.75) is 44.7 Å². The SMILES string of the molecule is CC(C)N1CCN(C(CN2CCN(CCCC(c3ccc(F)cc3)c3ccc(F)cc3)CC2)c2ccc(F)cc2)CC1. The maximum atomic E-state index is 13.7. The van der Waals surface area contributed by atoms with Crippen LogP contribution in [0.15, 0.2) is 72.8 Å². The lowest BCUT2D eigenvalue weighted by atomic mass is 9.87. The van der Waals surface area contributed by atoms with Gasteiger partial charge >= 0.3 is 0 Å². The number of hydrogen-bond donors (Lipinski definition) is 0. The van der Waals surface area contributed by atoms with Gasteiger partial charge in [-0.25, -0.2) is 13.2 Å². The van der Waals surface area contributed by atoms with Gasteiger partial charge in [0.25, 0.3) is 0 Å². The molecule has 3 aromatic rings. The zero-order valence-electron chi connectivity index (χ0n) is 25.1. The van der Waals surface area contributed by atoms with Crippen molar-refractivity contribution in [1.29, 1.82) is 0 Å². The summed E-state index contributed by atoms with van der Waals surface area (Å²) < 4.78 is 40.9. The maximum absolute atomic E-state index is 13.7. The highest BCUT2D eigenvalue weighted by molar-refractivity contribution is 5.32. The van der Waals surface area contributed by atoms with Gasteiger partial charge in [0.1, 0.15) is 17.5 Å². The van der Waals surface area contributed by atoms with E-state index in [1.54, 1.807) is 12.1 Å². The predicted molar refractivity (Wildman–Crippen MR) is 164 cm³/mol. The lowest BCUT2D eigenvalue weighted by molar-refractivity contribution is 0.0480. The molecule has 0 spiro atoms. The van der Waals surface area contributed by atoms with Gasteiger partial charge < -0.3 is 4.90 Å². The third kappa shape index (κ3) is 8.22. The van der Waals surface area contributed by atoms with Crippen molar-refractivity contribution in [2.24, 2.45) is 0 Å². The van der Waals surface area contributed by atoms with Crippen LogP contribution < -0.4 is 0 Å². The molecule has 0 N–H and O–H groups in total. The minimum Gasteiger partial charge on any atom is -0.301 e. The molecule has 7 heteroatoms. The predicted octanol–water partition coefficient (Wildman–Crippen LogP) is 6.40. The second-order valence-electron chi connectivity index (χ2n) is 12.2. The molecule has 0 radical (unpaired) electrons. The molecule has 2 saturated heterocycles. The summed E-state index contributed by atoms with van der Waals surface area (Å²) in [5, 5.41) is 0. The fraction of sp³-hybridized carbons (Fsp3) is 0.486. The van der Waals surface area contributed by atoms with Gasteiger partial charge in [0.15, 0.2) is 0 Å². The Hall–Kier alpha value is -2.71. The van der Waals surface area contributed by atoms with Crippen LogP contribution in [0, 0.1) is 17.5 Å². The van der Waals surface area contributed by atoms with E-state index in [1.807, 2.05) is 36.4 Å². The minimum atomic E-state index is -0.242. The Morgan fingerprint density at radius 2 is 0.976 bits per heavy atom. The summed E-state index contributed by atoms with van der Waals surface area (Å²) in [6.45, 7) is 14.8. The Kier molecular flexibility index (Phi) is 10.7. The Labute approximate surface area is 249 Å². The van der Waals surface area contributed by atoms with Crippen LogP contribution in [0.25, 0.3) is 0 Å². The summed E-state index contributed by atoms with van der Waals surface area (Å²) in [7, 11) is 0. The smallest absolute Gasteiger partial charge is 0.123 e. The van der Waals surface area contributed by atoms with Gasteiger partial charge in [-0.2, -0.15) is 0 Å². The first-order chi connectivity index (χ1) is 20.4. The van der Waals surface area contributed by atoms with Crippen LogP contribution in [0.4, 0.5) is 13.2 Å². The lowest BCUT2D eigenvalue weighted by Gasteiger charge is -2.43. The van der Waals surface area contributed by atoms with Crippen LogP contribution in [-0.4, -0.2) is 91.1 Å². The highest BCUT2D eigenvalue weighted by Crippen LogP contribution is 2.30. The van der Waals surface area contributed by atoms with E-state index in [4.69, 9.17) is 0 Å². The fourth-order valence-electron chi connectivity index (χ4n) is 6.56. The molecule has 0 aliphatic carbocycles. The van der Waals surface area contributed by atoms with Crippen molar-refractivity contribution in [3.63, 3.8) is 0 Å².